The molecule has 5 heteroatoms. The first-order valence-corrected chi connectivity index (χ1v) is 6.55. The van der Waals surface area contributed by atoms with Gasteiger partial charge >= 0.3 is 0 Å². The lowest BCUT2D eigenvalue weighted by atomic mass is 10.1. The third-order valence-electron chi connectivity index (χ3n) is 3.10. The van der Waals surface area contributed by atoms with E-state index in [1.165, 1.54) is 0 Å². The minimum absolute atomic E-state index is 0.0970. The summed E-state index contributed by atoms with van der Waals surface area (Å²) in [5, 5.41) is 2.77. The maximum Gasteiger partial charge on any atom is 0.257 e. The van der Waals surface area contributed by atoms with Crippen molar-refractivity contribution in [3.8, 4) is 5.75 Å². The molecule has 1 aromatic rings. The molecule has 1 aliphatic heterocycles. The first kappa shape index (κ1) is 14.1. The Kier molecular flexibility index (Phi) is 4.40. The molecule has 5 nitrogen and oxygen atoms in total. The Morgan fingerprint density at radius 1 is 1.55 bits per heavy atom. The van der Waals surface area contributed by atoms with Crippen LogP contribution in [-0.2, 0) is 4.79 Å². The van der Waals surface area contributed by atoms with E-state index in [0.717, 1.165) is 0 Å². The van der Waals surface area contributed by atoms with E-state index in [0.29, 0.717) is 43.0 Å². The molecule has 1 heterocycles. The molecule has 0 aliphatic carbocycles. The van der Waals surface area contributed by atoms with Gasteiger partial charge in [-0.05, 0) is 24.6 Å². The number of ether oxygens (including phenoxy) is 1. The zero-order chi connectivity index (χ0) is 14.5. The number of nitrogens with zero attached hydrogens (tertiary/aromatic N) is 1. The van der Waals surface area contributed by atoms with Crippen molar-refractivity contribution in [2.75, 3.05) is 25.5 Å². The van der Waals surface area contributed by atoms with Gasteiger partial charge in [0.2, 0.25) is 5.91 Å². The van der Waals surface area contributed by atoms with Crippen LogP contribution in [0.15, 0.2) is 30.9 Å². The van der Waals surface area contributed by atoms with E-state index in [9.17, 15) is 9.59 Å². The van der Waals surface area contributed by atoms with E-state index in [1.54, 1.807) is 36.2 Å². The van der Waals surface area contributed by atoms with E-state index in [2.05, 4.69) is 11.9 Å². The van der Waals surface area contributed by atoms with Gasteiger partial charge in [0.15, 0.2) is 0 Å². The fourth-order valence-electron chi connectivity index (χ4n) is 1.96. The summed E-state index contributed by atoms with van der Waals surface area (Å²) in [5.74, 6) is 0.364. The van der Waals surface area contributed by atoms with Gasteiger partial charge in [0, 0.05) is 19.2 Å². The smallest absolute Gasteiger partial charge is 0.257 e. The van der Waals surface area contributed by atoms with Crippen LogP contribution in [0.4, 0.5) is 5.69 Å². The molecule has 1 N–H and O–H groups in total. The van der Waals surface area contributed by atoms with Crippen LogP contribution in [0.3, 0.4) is 0 Å². The summed E-state index contributed by atoms with van der Waals surface area (Å²) in [5.41, 5.74) is 1.08. The van der Waals surface area contributed by atoms with Crippen molar-refractivity contribution in [2.24, 2.45) is 0 Å². The van der Waals surface area contributed by atoms with Crippen molar-refractivity contribution in [3.05, 3.63) is 36.4 Å². The number of likely N-dealkylation sites (N-methyl/N-ethyl adjacent to an activating group) is 1. The lowest BCUT2D eigenvalue weighted by Gasteiger charge is -2.13. The van der Waals surface area contributed by atoms with Gasteiger partial charge in [-0.1, -0.05) is 6.08 Å². The summed E-state index contributed by atoms with van der Waals surface area (Å²) in [6.07, 6.45) is 2.70. The summed E-state index contributed by atoms with van der Waals surface area (Å²) in [4.78, 5) is 25.4. The summed E-state index contributed by atoms with van der Waals surface area (Å²) >= 11 is 0. The number of hydrogen-bond acceptors (Lipinski definition) is 3. The Labute approximate surface area is 118 Å². The number of carbonyl (C=O) groups is 2. The SMILES string of the molecule is C=CCCC(=O)Nc1ccc2c(c1)C(=O)N(C)CCO2. The quantitative estimate of drug-likeness (QED) is 0.855. The van der Waals surface area contributed by atoms with Crippen LogP contribution in [0.2, 0.25) is 0 Å². The standard InChI is InChI=1S/C15H18N2O3/c1-3-4-5-14(18)16-11-6-7-13-12(10-11)15(19)17(2)8-9-20-13/h3,6-7,10H,1,4-5,8-9H2,2H3,(H,16,18). The van der Waals surface area contributed by atoms with Crippen molar-refractivity contribution >= 4 is 17.5 Å². The number of amides is 2. The second-order valence-corrected chi connectivity index (χ2v) is 4.66. The molecule has 0 saturated carbocycles. The zero-order valence-electron chi connectivity index (χ0n) is 11.5. The van der Waals surface area contributed by atoms with E-state index in [1.807, 2.05) is 0 Å². The summed E-state index contributed by atoms with van der Waals surface area (Å²) in [6.45, 7) is 4.60. The highest BCUT2D eigenvalue weighted by atomic mass is 16.5. The molecule has 0 radical (unpaired) electrons. The Hall–Kier alpha value is -2.30. The molecule has 0 bridgehead atoms. The Morgan fingerprint density at radius 2 is 2.35 bits per heavy atom. The maximum absolute atomic E-state index is 12.2. The third kappa shape index (κ3) is 3.17. The lowest BCUT2D eigenvalue weighted by Crippen LogP contribution is -2.27. The minimum atomic E-state index is -0.0975. The topological polar surface area (TPSA) is 58.6 Å². The predicted molar refractivity (Wildman–Crippen MR) is 77.0 cm³/mol. The van der Waals surface area contributed by atoms with Gasteiger partial charge in [0.25, 0.3) is 5.91 Å². The van der Waals surface area contributed by atoms with Crippen molar-refractivity contribution in [3.63, 3.8) is 0 Å². The first-order valence-electron chi connectivity index (χ1n) is 6.55. The van der Waals surface area contributed by atoms with Crippen LogP contribution in [0.5, 0.6) is 5.75 Å². The van der Waals surface area contributed by atoms with Crippen molar-refractivity contribution in [1.82, 2.24) is 4.90 Å². The number of benzene rings is 1. The summed E-state index contributed by atoms with van der Waals surface area (Å²) in [6, 6.07) is 5.12. The Balaban J connectivity index is 2.18. The molecule has 106 valence electrons. The van der Waals surface area contributed by atoms with Gasteiger partial charge in [-0.3, -0.25) is 9.59 Å². The van der Waals surface area contributed by atoms with Crippen molar-refractivity contribution in [1.29, 1.82) is 0 Å². The highest BCUT2D eigenvalue weighted by molar-refractivity contribution is 5.99. The zero-order valence-corrected chi connectivity index (χ0v) is 11.5. The van der Waals surface area contributed by atoms with Gasteiger partial charge in [0.05, 0.1) is 12.1 Å². The number of fused-ring (bicyclic) bond motifs is 1. The highest BCUT2D eigenvalue weighted by Crippen LogP contribution is 2.26. The van der Waals surface area contributed by atoms with Crippen LogP contribution in [0.1, 0.15) is 23.2 Å². The molecule has 0 unspecified atom stereocenters. The van der Waals surface area contributed by atoms with Crippen LogP contribution in [0.25, 0.3) is 0 Å². The molecule has 20 heavy (non-hydrogen) atoms. The molecule has 1 aliphatic rings. The maximum atomic E-state index is 12.2. The van der Waals surface area contributed by atoms with E-state index in [4.69, 9.17) is 4.74 Å². The molecule has 1 aromatic carbocycles. The largest absolute Gasteiger partial charge is 0.491 e. The number of rotatable bonds is 4. The molecule has 0 atom stereocenters. The van der Waals surface area contributed by atoms with Crippen molar-refractivity contribution < 1.29 is 14.3 Å². The molecule has 0 fully saturated rings. The van der Waals surface area contributed by atoms with Gasteiger partial charge in [0.1, 0.15) is 12.4 Å². The predicted octanol–water partition coefficient (Wildman–Crippen LogP) is 2.06. The minimum Gasteiger partial charge on any atom is -0.491 e. The van der Waals surface area contributed by atoms with Crippen LogP contribution < -0.4 is 10.1 Å². The number of hydrogen-bond donors (Lipinski definition) is 1. The van der Waals surface area contributed by atoms with Crippen molar-refractivity contribution in [2.45, 2.75) is 12.8 Å². The number of allylic oxidation sites excluding steroid dienone is 1. The Bertz CT molecular complexity index is 540. The summed E-state index contributed by atoms with van der Waals surface area (Å²) < 4.78 is 5.53. The number of nitrogens with one attached hydrogen (secondary N) is 1. The third-order valence-corrected chi connectivity index (χ3v) is 3.10. The fraction of sp³-hybridized carbons (Fsp3) is 0.333. The number of anilines is 1. The molecule has 0 spiro atoms. The molecular weight excluding hydrogens is 256 g/mol. The monoisotopic (exact) mass is 274 g/mol. The van der Waals surface area contributed by atoms with E-state index >= 15 is 0 Å². The average Bonchev–Trinajstić information content (AvgIpc) is 2.57. The van der Waals surface area contributed by atoms with Gasteiger partial charge in [-0.2, -0.15) is 0 Å². The van der Waals surface area contributed by atoms with Crippen LogP contribution in [-0.4, -0.2) is 36.9 Å². The fourth-order valence-corrected chi connectivity index (χ4v) is 1.96. The molecule has 0 aromatic heterocycles. The lowest BCUT2D eigenvalue weighted by molar-refractivity contribution is -0.116. The second kappa shape index (κ2) is 6.23. The second-order valence-electron chi connectivity index (χ2n) is 4.66. The summed E-state index contributed by atoms with van der Waals surface area (Å²) in [7, 11) is 1.73. The van der Waals surface area contributed by atoms with E-state index in [-0.39, 0.29) is 11.8 Å². The first-order chi connectivity index (χ1) is 9.61. The van der Waals surface area contributed by atoms with Gasteiger partial charge in [-0.25, -0.2) is 0 Å². The van der Waals surface area contributed by atoms with Crippen LogP contribution in [0, 0.1) is 0 Å². The highest BCUT2D eigenvalue weighted by Gasteiger charge is 2.21. The molecule has 2 rings (SSSR count). The average molecular weight is 274 g/mol. The van der Waals surface area contributed by atoms with Gasteiger partial charge in [-0.15, -0.1) is 6.58 Å². The number of carbonyl (C=O) groups excluding carboxylic acids is 2. The Morgan fingerprint density at radius 3 is 3.10 bits per heavy atom. The molecule has 2 amide bonds. The van der Waals surface area contributed by atoms with Gasteiger partial charge < -0.3 is 15.0 Å². The molecule has 0 saturated heterocycles. The van der Waals surface area contributed by atoms with Crippen LogP contribution >= 0.6 is 0 Å². The normalized spacial score (nSPS) is 14.1. The van der Waals surface area contributed by atoms with E-state index < -0.39 is 0 Å². The molecular formula is C15H18N2O3.